The Bertz CT molecular complexity index is 304. The number of hydrogen-bond donors (Lipinski definition) is 1. The Kier molecular flexibility index (Phi) is 3.18. The highest BCUT2D eigenvalue weighted by molar-refractivity contribution is 7.99. The van der Waals surface area contributed by atoms with Crippen molar-refractivity contribution in [2.24, 2.45) is 0 Å². The van der Waals surface area contributed by atoms with Crippen molar-refractivity contribution in [1.82, 2.24) is 10.3 Å². The molecule has 1 aromatic heterocycles. The van der Waals surface area contributed by atoms with E-state index in [2.05, 4.69) is 14.9 Å². The van der Waals surface area contributed by atoms with Gasteiger partial charge in [0.05, 0.1) is 5.75 Å². The Morgan fingerprint density at radius 1 is 1.62 bits per heavy atom. The second-order valence-electron chi connectivity index (χ2n) is 1.93. The van der Waals surface area contributed by atoms with Crippen molar-refractivity contribution in [2.45, 2.75) is 11.5 Å². The summed E-state index contributed by atoms with van der Waals surface area (Å²) in [7, 11) is 0. The lowest BCUT2D eigenvalue weighted by Gasteiger charge is -1.94. The molecule has 0 radical (unpaired) electrons. The zero-order valence-corrected chi connectivity index (χ0v) is 6.92. The van der Waals surface area contributed by atoms with Crippen molar-refractivity contribution >= 4 is 17.7 Å². The summed E-state index contributed by atoms with van der Waals surface area (Å²) in [5.74, 6) is -1.88. The zero-order valence-electron chi connectivity index (χ0n) is 6.11. The zero-order chi connectivity index (χ0) is 9.84. The molecule has 0 aliphatic rings. The number of rotatable bonds is 4. The van der Waals surface area contributed by atoms with Gasteiger partial charge in [0.25, 0.3) is 0 Å². The Balaban J connectivity index is 2.65. The van der Waals surface area contributed by atoms with Gasteiger partial charge >= 0.3 is 5.97 Å². The minimum absolute atomic E-state index is 0.132. The van der Waals surface area contributed by atoms with Crippen LogP contribution in [0.1, 0.15) is 10.5 Å². The van der Waals surface area contributed by atoms with Crippen LogP contribution in [-0.2, 0) is 0 Å². The maximum Gasteiger partial charge on any atom is 0.361 e. The van der Waals surface area contributed by atoms with Gasteiger partial charge in [0.15, 0.2) is 5.03 Å². The minimum Gasteiger partial charge on any atom is -0.476 e. The first-order valence-electron chi connectivity index (χ1n) is 3.08. The maximum absolute atomic E-state index is 11.7. The molecule has 1 rings (SSSR count). The van der Waals surface area contributed by atoms with Crippen molar-refractivity contribution in [1.29, 1.82) is 0 Å². The van der Waals surface area contributed by atoms with E-state index < -0.39 is 23.8 Å². The van der Waals surface area contributed by atoms with Crippen LogP contribution in [0.3, 0.4) is 0 Å². The first-order chi connectivity index (χ1) is 6.11. The van der Waals surface area contributed by atoms with E-state index in [-0.39, 0.29) is 5.03 Å². The maximum atomic E-state index is 11.7. The van der Waals surface area contributed by atoms with E-state index in [4.69, 9.17) is 5.11 Å². The molecular formula is C5H4F2N2O3S. The predicted molar refractivity (Wildman–Crippen MR) is 38.0 cm³/mol. The topological polar surface area (TPSA) is 76.2 Å². The van der Waals surface area contributed by atoms with Gasteiger partial charge in [-0.15, -0.1) is 0 Å². The number of nitrogens with zero attached hydrogens (tertiary/aromatic N) is 2. The number of thioether (sulfide) groups is 1. The van der Waals surface area contributed by atoms with Crippen molar-refractivity contribution in [3.8, 4) is 0 Å². The fourth-order valence-corrected chi connectivity index (χ4v) is 1.18. The molecule has 0 fully saturated rings. The quantitative estimate of drug-likeness (QED) is 0.750. The molecule has 1 N–H and O–H groups in total. The van der Waals surface area contributed by atoms with E-state index >= 15 is 0 Å². The third kappa shape index (κ3) is 2.65. The molecule has 13 heavy (non-hydrogen) atoms. The van der Waals surface area contributed by atoms with Crippen molar-refractivity contribution in [3.05, 3.63) is 5.69 Å². The SMILES string of the molecule is O=C(O)c1nonc1SCC(F)F. The Morgan fingerprint density at radius 2 is 2.31 bits per heavy atom. The summed E-state index contributed by atoms with van der Waals surface area (Å²) in [6, 6.07) is 0. The summed E-state index contributed by atoms with van der Waals surface area (Å²) in [6.45, 7) is 0. The molecule has 8 heteroatoms. The van der Waals surface area contributed by atoms with Crippen LogP contribution in [0.5, 0.6) is 0 Å². The third-order valence-corrected chi connectivity index (χ3v) is 1.97. The lowest BCUT2D eigenvalue weighted by Crippen LogP contribution is -2.00. The molecule has 0 atom stereocenters. The van der Waals surface area contributed by atoms with Gasteiger partial charge in [0.2, 0.25) is 12.1 Å². The fourth-order valence-electron chi connectivity index (χ4n) is 0.548. The molecule has 72 valence electrons. The minimum atomic E-state index is -2.52. The summed E-state index contributed by atoms with van der Waals surface area (Å²) in [5.41, 5.74) is -0.439. The highest BCUT2D eigenvalue weighted by Crippen LogP contribution is 2.20. The van der Waals surface area contributed by atoms with E-state index in [0.717, 1.165) is 0 Å². The number of hydrogen-bond acceptors (Lipinski definition) is 5. The largest absolute Gasteiger partial charge is 0.476 e. The molecule has 1 aromatic rings. The summed E-state index contributed by atoms with van der Waals surface area (Å²) >= 11 is 0.592. The van der Waals surface area contributed by atoms with Crippen LogP contribution in [0.25, 0.3) is 0 Å². The van der Waals surface area contributed by atoms with Gasteiger partial charge in [-0.2, -0.15) is 0 Å². The smallest absolute Gasteiger partial charge is 0.361 e. The molecule has 0 aliphatic heterocycles. The second-order valence-corrected chi connectivity index (χ2v) is 2.93. The lowest BCUT2D eigenvalue weighted by molar-refractivity contribution is 0.0682. The van der Waals surface area contributed by atoms with Gasteiger partial charge in [-0.05, 0) is 10.3 Å². The standard InChI is InChI=1S/C5H4F2N2O3S/c6-2(7)1-13-4-3(5(10)11)8-12-9-4/h2H,1H2,(H,10,11). The summed E-state index contributed by atoms with van der Waals surface area (Å²) in [6.07, 6.45) is -2.52. The molecule has 0 bridgehead atoms. The number of aromatic nitrogens is 2. The fraction of sp³-hybridized carbons (Fsp3) is 0.400. The van der Waals surface area contributed by atoms with Crippen LogP contribution in [0.4, 0.5) is 8.78 Å². The molecule has 0 aliphatic carbocycles. The average Bonchev–Trinajstić information content (AvgIpc) is 2.47. The van der Waals surface area contributed by atoms with Crippen molar-refractivity contribution < 1.29 is 23.3 Å². The van der Waals surface area contributed by atoms with Gasteiger partial charge < -0.3 is 5.11 Å². The average molecular weight is 210 g/mol. The molecule has 0 amide bonds. The van der Waals surface area contributed by atoms with E-state index in [1.165, 1.54) is 0 Å². The molecule has 0 saturated carbocycles. The number of halogens is 2. The van der Waals surface area contributed by atoms with Gasteiger partial charge in [-0.1, -0.05) is 11.8 Å². The first-order valence-corrected chi connectivity index (χ1v) is 4.06. The van der Waals surface area contributed by atoms with Crippen LogP contribution in [0.2, 0.25) is 0 Å². The van der Waals surface area contributed by atoms with Crippen molar-refractivity contribution in [3.63, 3.8) is 0 Å². The van der Waals surface area contributed by atoms with Gasteiger partial charge in [0.1, 0.15) is 0 Å². The predicted octanol–water partition coefficient (Wildman–Crippen LogP) is 1.12. The molecule has 5 nitrogen and oxygen atoms in total. The lowest BCUT2D eigenvalue weighted by atomic mass is 10.5. The second kappa shape index (κ2) is 4.17. The van der Waals surface area contributed by atoms with E-state index in [9.17, 15) is 13.6 Å². The Hall–Kier alpha value is -1.18. The van der Waals surface area contributed by atoms with Crippen LogP contribution in [-0.4, -0.2) is 33.6 Å². The number of carboxylic acid groups (broad SMARTS) is 1. The highest BCUT2D eigenvalue weighted by atomic mass is 32.2. The number of carboxylic acids is 1. The summed E-state index contributed by atoms with van der Waals surface area (Å²) < 4.78 is 27.5. The first kappa shape index (κ1) is 9.90. The summed E-state index contributed by atoms with van der Waals surface area (Å²) in [5, 5.41) is 14.5. The molecule has 0 unspecified atom stereocenters. The van der Waals surface area contributed by atoms with Gasteiger partial charge in [-0.3, -0.25) is 0 Å². The molecule has 1 heterocycles. The molecule has 0 saturated heterocycles. The Morgan fingerprint density at radius 3 is 2.85 bits per heavy atom. The number of alkyl halides is 2. The molecule has 0 aromatic carbocycles. The van der Waals surface area contributed by atoms with Crippen LogP contribution in [0, 0.1) is 0 Å². The van der Waals surface area contributed by atoms with E-state index in [1.54, 1.807) is 0 Å². The number of carbonyl (C=O) groups is 1. The number of aromatic carboxylic acids is 1. The summed E-state index contributed by atoms with van der Waals surface area (Å²) in [4.78, 5) is 10.4. The molecular weight excluding hydrogens is 206 g/mol. The van der Waals surface area contributed by atoms with Gasteiger partial charge in [-0.25, -0.2) is 18.2 Å². The van der Waals surface area contributed by atoms with Crippen LogP contribution in [0.15, 0.2) is 9.65 Å². The van der Waals surface area contributed by atoms with E-state index in [0.29, 0.717) is 11.8 Å². The monoisotopic (exact) mass is 210 g/mol. The van der Waals surface area contributed by atoms with Crippen LogP contribution < -0.4 is 0 Å². The molecule has 0 spiro atoms. The van der Waals surface area contributed by atoms with Crippen molar-refractivity contribution in [2.75, 3.05) is 5.75 Å². The third-order valence-electron chi connectivity index (χ3n) is 1.01. The van der Waals surface area contributed by atoms with Crippen LogP contribution >= 0.6 is 11.8 Å². The normalized spacial score (nSPS) is 10.7. The Labute approximate surface area is 75.1 Å². The van der Waals surface area contributed by atoms with Gasteiger partial charge in [0, 0.05) is 0 Å². The van der Waals surface area contributed by atoms with E-state index in [1.807, 2.05) is 0 Å². The highest BCUT2D eigenvalue weighted by Gasteiger charge is 2.18.